The highest BCUT2D eigenvalue weighted by molar-refractivity contribution is 5.79. The minimum Gasteiger partial charge on any atom is -0.469 e. The molecule has 0 saturated carbocycles. The van der Waals surface area contributed by atoms with Gasteiger partial charge in [-0.25, -0.2) is 0 Å². The fourth-order valence-corrected chi connectivity index (χ4v) is 2.59. The van der Waals surface area contributed by atoms with Crippen molar-refractivity contribution in [2.75, 3.05) is 25.1 Å². The summed E-state index contributed by atoms with van der Waals surface area (Å²) >= 11 is 0. The third-order valence-corrected chi connectivity index (χ3v) is 3.79. The number of benzene rings is 1. The van der Waals surface area contributed by atoms with E-state index < -0.39 is 10.3 Å². The lowest BCUT2D eigenvalue weighted by atomic mass is 9.90. The van der Waals surface area contributed by atoms with Crippen LogP contribution >= 0.6 is 0 Å². The topological polar surface area (TPSA) is 96.5 Å². The SMILES string of the molecule is COC(=O)C1(C)CCN(c2ccc(C#N)cc2[N+](=O)[O-])C1. The lowest BCUT2D eigenvalue weighted by Crippen LogP contribution is -2.33. The van der Waals surface area contributed by atoms with E-state index in [1.54, 1.807) is 17.9 Å². The van der Waals surface area contributed by atoms with Gasteiger partial charge in [-0.1, -0.05) is 0 Å². The Morgan fingerprint density at radius 1 is 1.57 bits per heavy atom. The highest BCUT2D eigenvalue weighted by Crippen LogP contribution is 2.38. The van der Waals surface area contributed by atoms with E-state index in [9.17, 15) is 14.9 Å². The first-order valence-electron chi connectivity index (χ1n) is 6.43. The van der Waals surface area contributed by atoms with Crippen molar-refractivity contribution < 1.29 is 14.5 Å². The first-order chi connectivity index (χ1) is 9.91. The number of anilines is 1. The normalized spacial score (nSPS) is 20.9. The molecule has 1 aliphatic rings. The van der Waals surface area contributed by atoms with Gasteiger partial charge in [0.2, 0.25) is 0 Å². The molecule has 7 heteroatoms. The summed E-state index contributed by atoms with van der Waals surface area (Å²) in [6.07, 6.45) is 0.566. The number of carbonyl (C=O) groups excluding carboxylic acids is 1. The van der Waals surface area contributed by atoms with Gasteiger partial charge < -0.3 is 9.64 Å². The number of nitro groups is 1. The van der Waals surface area contributed by atoms with Gasteiger partial charge in [-0.3, -0.25) is 14.9 Å². The molecule has 0 spiro atoms. The average molecular weight is 289 g/mol. The molecule has 1 fully saturated rings. The molecule has 2 rings (SSSR count). The standard InChI is InChI=1S/C14H15N3O4/c1-14(13(18)21-2)5-6-16(9-14)11-4-3-10(8-15)7-12(11)17(19)20/h3-4,7H,5-6,9H2,1-2H3. The van der Waals surface area contributed by atoms with Crippen LogP contribution in [0, 0.1) is 26.9 Å². The Morgan fingerprint density at radius 3 is 2.86 bits per heavy atom. The minimum absolute atomic E-state index is 0.122. The molecule has 1 aromatic carbocycles. The summed E-state index contributed by atoms with van der Waals surface area (Å²) in [7, 11) is 1.33. The number of hydrogen-bond acceptors (Lipinski definition) is 6. The zero-order chi connectivity index (χ0) is 15.6. The molecule has 1 aromatic rings. The number of nitro benzene ring substituents is 1. The lowest BCUT2D eigenvalue weighted by molar-refractivity contribution is -0.384. The molecule has 7 nitrogen and oxygen atoms in total. The average Bonchev–Trinajstić information content (AvgIpc) is 2.89. The number of nitriles is 1. The zero-order valence-corrected chi connectivity index (χ0v) is 11.8. The van der Waals surface area contributed by atoms with Crippen molar-refractivity contribution in [3.8, 4) is 6.07 Å². The Kier molecular flexibility index (Phi) is 3.80. The van der Waals surface area contributed by atoms with Crippen molar-refractivity contribution in [3.63, 3.8) is 0 Å². The highest BCUT2D eigenvalue weighted by Gasteiger charge is 2.42. The monoisotopic (exact) mass is 289 g/mol. The molecule has 1 unspecified atom stereocenters. The van der Waals surface area contributed by atoms with Crippen LogP contribution in [0.3, 0.4) is 0 Å². The third-order valence-electron chi connectivity index (χ3n) is 3.79. The maximum Gasteiger partial charge on any atom is 0.313 e. The van der Waals surface area contributed by atoms with Gasteiger partial charge in [0.15, 0.2) is 0 Å². The summed E-state index contributed by atoms with van der Waals surface area (Å²) in [6, 6.07) is 6.23. The summed E-state index contributed by atoms with van der Waals surface area (Å²) in [5.74, 6) is -0.318. The van der Waals surface area contributed by atoms with Crippen LogP contribution in [0.25, 0.3) is 0 Å². The lowest BCUT2D eigenvalue weighted by Gasteiger charge is -2.22. The molecule has 1 atom stereocenters. The van der Waals surface area contributed by atoms with Crippen LogP contribution < -0.4 is 4.90 Å². The molecule has 0 N–H and O–H groups in total. The molecule has 110 valence electrons. The van der Waals surface area contributed by atoms with Crippen LogP contribution in [0.1, 0.15) is 18.9 Å². The van der Waals surface area contributed by atoms with Gasteiger partial charge in [-0.15, -0.1) is 0 Å². The summed E-state index contributed by atoms with van der Waals surface area (Å²) in [4.78, 5) is 24.3. The number of esters is 1. The predicted octanol–water partition coefficient (Wildman–Crippen LogP) is 1.86. The second-order valence-corrected chi connectivity index (χ2v) is 5.30. The maximum atomic E-state index is 11.8. The number of hydrogen-bond donors (Lipinski definition) is 0. The van der Waals surface area contributed by atoms with Gasteiger partial charge in [0.1, 0.15) is 5.69 Å². The van der Waals surface area contributed by atoms with E-state index >= 15 is 0 Å². The van der Waals surface area contributed by atoms with Crippen molar-refractivity contribution in [1.29, 1.82) is 5.26 Å². The van der Waals surface area contributed by atoms with E-state index in [1.165, 1.54) is 19.2 Å². The van der Waals surface area contributed by atoms with Crippen molar-refractivity contribution in [2.45, 2.75) is 13.3 Å². The quantitative estimate of drug-likeness (QED) is 0.478. The van der Waals surface area contributed by atoms with Gasteiger partial charge in [0, 0.05) is 19.2 Å². The van der Waals surface area contributed by atoms with Gasteiger partial charge in [0.05, 0.1) is 29.1 Å². The van der Waals surface area contributed by atoms with Crippen molar-refractivity contribution in [1.82, 2.24) is 0 Å². The van der Waals surface area contributed by atoms with Crippen molar-refractivity contribution >= 4 is 17.3 Å². The highest BCUT2D eigenvalue weighted by atomic mass is 16.6. The van der Waals surface area contributed by atoms with E-state index in [4.69, 9.17) is 10.00 Å². The molecule has 0 amide bonds. The Labute approximate surface area is 121 Å². The number of carbonyl (C=O) groups is 1. The fourth-order valence-electron chi connectivity index (χ4n) is 2.59. The van der Waals surface area contributed by atoms with Crippen LogP contribution in [0.4, 0.5) is 11.4 Å². The van der Waals surface area contributed by atoms with Crippen LogP contribution in [0.5, 0.6) is 0 Å². The first-order valence-corrected chi connectivity index (χ1v) is 6.43. The maximum absolute atomic E-state index is 11.8. The largest absolute Gasteiger partial charge is 0.469 e. The molecule has 21 heavy (non-hydrogen) atoms. The second-order valence-electron chi connectivity index (χ2n) is 5.30. The van der Waals surface area contributed by atoms with Gasteiger partial charge >= 0.3 is 5.97 Å². The molecule has 1 aliphatic heterocycles. The number of rotatable bonds is 3. The van der Waals surface area contributed by atoms with Crippen LogP contribution in [-0.4, -0.2) is 31.1 Å². The Hall–Kier alpha value is -2.62. The molecule has 1 saturated heterocycles. The number of ether oxygens (including phenoxy) is 1. The van der Waals surface area contributed by atoms with Crippen LogP contribution in [-0.2, 0) is 9.53 Å². The van der Waals surface area contributed by atoms with Gasteiger partial charge in [-0.2, -0.15) is 5.26 Å². The molecule has 1 heterocycles. The zero-order valence-electron chi connectivity index (χ0n) is 11.8. The van der Waals surface area contributed by atoms with Crippen molar-refractivity contribution in [2.24, 2.45) is 5.41 Å². The molecule has 0 bridgehead atoms. The van der Waals surface area contributed by atoms with Crippen molar-refractivity contribution in [3.05, 3.63) is 33.9 Å². The van der Waals surface area contributed by atoms with E-state index in [2.05, 4.69) is 0 Å². The molecule has 0 aromatic heterocycles. The van der Waals surface area contributed by atoms with Crippen LogP contribution in [0.2, 0.25) is 0 Å². The van der Waals surface area contributed by atoms with E-state index in [0.29, 0.717) is 25.2 Å². The van der Waals surface area contributed by atoms with Crippen LogP contribution in [0.15, 0.2) is 18.2 Å². The predicted molar refractivity (Wildman–Crippen MR) is 74.8 cm³/mol. The van der Waals surface area contributed by atoms with E-state index in [0.717, 1.165) is 0 Å². The molecular formula is C14H15N3O4. The minimum atomic E-state index is -0.670. The third kappa shape index (κ3) is 2.65. The van der Waals surface area contributed by atoms with E-state index in [1.807, 2.05) is 6.07 Å². The van der Waals surface area contributed by atoms with E-state index in [-0.39, 0.29) is 17.2 Å². The fraction of sp³-hybridized carbons (Fsp3) is 0.429. The summed E-state index contributed by atoms with van der Waals surface area (Å²) in [5.41, 5.74) is -0.133. The Balaban J connectivity index is 2.34. The van der Waals surface area contributed by atoms with Gasteiger partial charge in [-0.05, 0) is 25.5 Å². The summed E-state index contributed by atoms with van der Waals surface area (Å²) < 4.78 is 4.79. The summed E-state index contributed by atoms with van der Waals surface area (Å²) in [6.45, 7) is 2.67. The molecular weight excluding hydrogens is 274 g/mol. The smallest absolute Gasteiger partial charge is 0.313 e. The van der Waals surface area contributed by atoms with Gasteiger partial charge in [0.25, 0.3) is 5.69 Å². The number of nitrogens with zero attached hydrogens (tertiary/aromatic N) is 3. The Bertz CT molecular complexity index is 638. The summed E-state index contributed by atoms with van der Waals surface area (Å²) in [5, 5.41) is 20.0. The second kappa shape index (κ2) is 5.40. The Morgan fingerprint density at radius 2 is 2.29 bits per heavy atom. The number of methoxy groups -OCH3 is 1. The molecule has 0 radical (unpaired) electrons. The first kappa shape index (κ1) is 14.8. The molecule has 0 aliphatic carbocycles.